The lowest BCUT2D eigenvalue weighted by Crippen LogP contribution is -2.42. The van der Waals surface area contributed by atoms with E-state index in [0.29, 0.717) is 6.04 Å². The maximum atomic E-state index is 11.5. The number of hydrogen-bond donors (Lipinski definition) is 2. The number of amides is 1. The van der Waals surface area contributed by atoms with Crippen molar-refractivity contribution in [2.45, 2.75) is 24.9 Å². The van der Waals surface area contributed by atoms with Crippen LogP contribution in [0.5, 0.6) is 0 Å². The second-order valence-corrected chi connectivity index (χ2v) is 5.48. The molecule has 2 rings (SSSR count). The molecule has 0 saturated carbocycles. The lowest BCUT2D eigenvalue weighted by molar-refractivity contribution is -0.120. The van der Waals surface area contributed by atoms with Crippen LogP contribution in [-0.2, 0) is 4.79 Å². The van der Waals surface area contributed by atoms with Crippen LogP contribution in [0.1, 0.15) is 24.4 Å². The number of primary amides is 1. The second-order valence-electron chi connectivity index (χ2n) is 4.33. The normalized spacial score (nSPS) is 22.0. The molecule has 1 aliphatic heterocycles. The summed E-state index contributed by atoms with van der Waals surface area (Å²) >= 11 is 1.94. The van der Waals surface area contributed by atoms with Gasteiger partial charge in [-0.15, -0.1) is 0 Å². The van der Waals surface area contributed by atoms with E-state index in [9.17, 15) is 4.79 Å². The van der Waals surface area contributed by atoms with Gasteiger partial charge in [-0.2, -0.15) is 11.8 Å². The molecule has 0 unspecified atom stereocenters. The first-order valence-electron chi connectivity index (χ1n) is 5.95. The Morgan fingerprint density at radius 1 is 1.41 bits per heavy atom. The van der Waals surface area contributed by atoms with E-state index >= 15 is 0 Å². The van der Waals surface area contributed by atoms with Crippen molar-refractivity contribution in [3.63, 3.8) is 0 Å². The van der Waals surface area contributed by atoms with Crippen LogP contribution in [0.2, 0.25) is 0 Å². The lowest BCUT2D eigenvalue weighted by atomic mass is 10.0. The minimum absolute atomic E-state index is 0.299. The Bertz CT molecular complexity index is 363. The molecule has 0 aliphatic carbocycles. The predicted molar refractivity (Wildman–Crippen MR) is 71.9 cm³/mol. The fraction of sp³-hybridized carbons (Fsp3) is 0.462. The van der Waals surface area contributed by atoms with E-state index < -0.39 is 0 Å². The van der Waals surface area contributed by atoms with Gasteiger partial charge in [-0.25, -0.2) is 0 Å². The molecule has 0 aromatic heterocycles. The summed E-state index contributed by atoms with van der Waals surface area (Å²) in [6.45, 7) is 0. The van der Waals surface area contributed by atoms with Crippen molar-refractivity contribution in [1.82, 2.24) is 5.32 Å². The quantitative estimate of drug-likeness (QED) is 0.855. The number of nitrogens with one attached hydrogen (secondary N) is 1. The van der Waals surface area contributed by atoms with Crippen molar-refractivity contribution in [1.29, 1.82) is 0 Å². The first-order chi connectivity index (χ1) is 8.27. The van der Waals surface area contributed by atoms with Crippen LogP contribution in [0.3, 0.4) is 0 Å². The molecule has 3 nitrogen and oxygen atoms in total. The molecule has 2 atom stereocenters. The lowest BCUT2D eigenvalue weighted by Gasteiger charge is -2.26. The number of carbonyl (C=O) groups is 1. The number of carbonyl (C=O) groups excluding carboxylic acids is 1. The summed E-state index contributed by atoms with van der Waals surface area (Å²) in [6, 6.07) is 9.73. The van der Waals surface area contributed by atoms with Crippen molar-refractivity contribution < 1.29 is 4.79 Å². The fourth-order valence-electron chi connectivity index (χ4n) is 2.10. The highest BCUT2D eigenvalue weighted by atomic mass is 32.2. The molecule has 0 radical (unpaired) electrons. The SMILES string of the molecule is NC(=O)[C@H](N[C@@H]1CCCSC1)c1ccccc1. The largest absolute Gasteiger partial charge is 0.368 e. The highest BCUT2D eigenvalue weighted by molar-refractivity contribution is 7.99. The Morgan fingerprint density at radius 3 is 2.76 bits per heavy atom. The van der Waals surface area contributed by atoms with Crippen LogP contribution in [0.25, 0.3) is 0 Å². The number of nitrogens with two attached hydrogens (primary N) is 1. The third-order valence-electron chi connectivity index (χ3n) is 2.98. The molecule has 0 spiro atoms. The van der Waals surface area contributed by atoms with Crippen molar-refractivity contribution in [2.75, 3.05) is 11.5 Å². The first-order valence-corrected chi connectivity index (χ1v) is 7.11. The average Bonchev–Trinajstić information content (AvgIpc) is 2.38. The van der Waals surface area contributed by atoms with Crippen LogP contribution < -0.4 is 11.1 Å². The summed E-state index contributed by atoms with van der Waals surface area (Å²) in [5, 5.41) is 3.38. The molecular weight excluding hydrogens is 232 g/mol. The van der Waals surface area contributed by atoms with Crippen molar-refractivity contribution >= 4 is 17.7 Å². The highest BCUT2D eigenvalue weighted by Gasteiger charge is 2.22. The van der Waals surface area contributed by atoms with Gasteiger partial charge in [0.1, 0.15) is 6.04 Å². The van der Waals surface area contributed by atoms with Gasteiger partial charge in [-0.1, -0.05) is 30.3 Å². The summed E-state index contributed by atoms with van der Waals surface area (Å²) in [4.78, 5) is 11.5. The molecule has 3 N–H and O–H groups in total. The Labute approximate surface area is 106 Å². The van der Waals surface area contributed by atoms with Crippen LogP contribution in [-0.4, -0.2) is 23.5 Å². The van der Waals surface area contributed by atoms with E-state index in [1.54, 1.807) is 0 Å². The number of hydrogen-bond acceptors (Lipinski definition) is 3. The predicted octanol–water partition coefficient (Wildman–Crippen LogP) is 1.70. The van der Waals surface area contributed by atoms with Crippen LogP contribution in [0, 0.1) is 0 Å². The average molecular weight is 250 g/mol. The third kappa shape index (κ3) is 3.48. The number of thioether (sulfide) groups is 1. The molecular formula is C13H18N2OS. The molecule has 92 valence electrons. The topological polar surface area (TPSA) is 55.1 Å². The number of rotatable bonds is 4. The zero-order valence-corrected chi connectivity index (χ0v) is 10.6. The van der Waals surface area contributed by atoms with Gasteiger partial charge in [0.05, 0.1) is 0 Å². The summed E-state index contributed by atoms with van der Waals surface area (Å²) in [6.07, 6.45) is 2.34. The molecule has 0 bridgehead atoms. The molecule has 1 heterocycles. The highest BCUT2D eigenvalue weighted by Crippen LogP contribution is 2.20. The number of benzene rings is 1. The zero-order valence-electron chi connectivity index (χ0n) is 9.76. The van der Waals surface area contributed by atoms with Crippen LogP contribution in [0.15, 0.2) is 30.3 Å². The summed E-state index contributed by atoms with van der Waals surface area (Å²) in [5.74, 6) is 1.99. The molecule has 17 heavy (non-hydrogen) atoms. The van der Waals surface area contributed by atoms with Gasteiger partial charge in [0.25, 0.3) is 0 Å². The Morgan fingerprint density at radius 2 is 2.18 bits per heavy atom. The van der Waals surface area contributed by atoms with Crippen LogP contribution in [0.4, 0.5) is 0 Å². The Hall–Kier alpha value is -1.00. The molecule has 1 aromatic rings. The van der Waals surface area contributed by atoms with E-state index in [-0.39, 0.29) is 11.9 Å². The van der Waals surface area contributed by atoms with Crippen molar-refractivity contribution in [3.8, 4) is 0 Å². The fourth-order valence-corrected chi connectivity index (χ4v) is 3.18. The summed E-state index contributed by atoms with van der Waals surface area (Å²) in [5.41, 5.74) is 6.43. The maximum absolute atomic E-state index is 11.5. The molecule has 1 aliphatic rings. The van der Waals surface area contributed by atoms with Gasteiger partial charge in [0, 0.05) is 11.8 Å². The van der Waals surface area contributed by atoms with E-state index in [1.807, 2.05) is 42.1 Å². The minimum Gasteiger partial charge on any atom is -0.368 e. The smallest absolute Gasteiger partial charge is 0.239 e. The standard InChI is InChI=1S/C13H18N2OS/c14-13(16)12(10-5-2-1-3-6-10)15-11-7-4-8-17-9-11/h1-3,5-6,11-12,15H,4,7-9H2,(H2,14,16)/t11-,12-/m1/s1. The molecule has 1 aromatic carbocycles. The van der Waals surface area contributed by atoms with Gasteiger partial charge in [0.2, 0.25) is 5.91 Å². The summed E-state index contributed by atoms with van der Waals surface area (Å²) < 4.78 is 0. The van der Waals surface area contributed by atoms with E-state index in [4.69, 9.17) is 5.73 Å². The van der Waals surface area contributed by atoms with Gasteiger partial charge in [0.15, 0.2) is 0 Å². The van der Waals surface area contributed by atoms with Gasteiger partial charge < -0.3 is 5.73 Å². The summed E-state index contributed by atoms with van der Waals surface area (Å²) in [7, 11) is 0. The van der Waals surface area contributed by atoms with Gasteiger partial charge >= 0.3 is 0 Å². The first kappa shape index (κ1) is 12.5. The zero-order chi connectivity index (χ0) is 12.1. The minimum atomic E-state index is -0.361. The van der Waals surface area contributed by atoms with E-state index in [1.165, 1.54) is 12.2 Å². The molecule has 1 fully saturated rings. The maximum Gasteiger partial charge on any atom is 0.239 e. The van der Waals surface area contributed by atoms with E-state index in [0.717, 1.165) is 17.7 Å². The van der Waals surface area contributed by atoms with Crippen molar-refractivity contribution in [2.24, 2.45) is 5.73 Å². The Balaban J connectivity index is 2.05. The van der Waals surface area contributed by atoms with Crippen molar-refractivity contribution in [3.05, 3.63) is 35.9 Å². The van der Waals surface area contributed by atoms with Gasteiger partial charge in [-0.05, 0) is 24.2 Å². The molecule has 4 heteroatoms. The molecule has 1 amide bonds. The third-order valence-corrected chi connectivity index (χ3v) is 4.20. The van der Waals surface area contributed by atoms with Gasteiger partial charge in [-0.3, -0.25) is 10.1 Å². The monoisotopic (exact) mass is 250 g/mol. The molecule has 1 saturated heterocycles. The Kier molecular flexibility index (Phi) is 4.45. The van der Waals surface area contributed by atoms with Crippen LogP contribution >= 0.6 is 11.8 Å². The second kappa shape index (κ2) is 6.07. The van der Waals surface area contributed by atoms with E-state index in [2.05, 4.69) is 5.32 Å².